The number of hydrogen-bond donors (Lipinski definition) is 2. The van der Waals surface area contributed by atoms with Crippen LogP contribution in [0.25, 0.3) is 6.08 Å². The van der Waals surface area contributed by atoms with Gasteiger partial charge in [-0.1, -0.05) is 23.7 Å². The lowest BCUT2D eigenvalue weighted by atomic mass is 9.97. The maximum absolute atomic E-state index is 13.4. The molecule has 0 amide bonds. The second-order valence-corrected chi connectivity index (χ2v) is 9.52. The predicted octanol–water partition coefficient (Wildman–Crippen LogP) is 5.86. The molecule has 2 heterocycles. The number of fused-ring (bicyclic) bond motifs is 1. The molecule has 0 spiro atoms. The Morgan fingerprint density at radius 3 is 2.80 bits per heavy atom. The van der Waals surface area contributed by atoms with Crippen molar-refractivity contribution in [2.45, 2.75) is 38.8 Å². The van der Waals surface area contributed by atoms with E-state index in [0.29, 0.717) is 22.2 Å². The quantitative estimate of drug-likeness (QED) is 0.452. The first-order valence-corrected chi connectivity index (χ1v) is 12.1. The minimum atomic E-state index is -0.381. The van der Waals surface area contributed by atoms with E-state index in [1.807, 2.05) is 6.08 Å². The third-order valence-corrected chi connectivity index (χ3v) is 7.11. The molecule has 0 radical (unpaired) electrons. The highest BCUT2D eigenvalue weighted by atomic mass is 35.5. The third-order valence-electron chi connectivity index (χ3n) is 6.80. The van der Waals surface area contributed by atoms with Gasteiger partial charge in [-0.2, -0.15) is 5.26 Å². The standard InChI is InChI=1S/C27H26ClFN6/c1-17-20(3-2-19-10-18(13-30)11-23(17)19)15-35-8-6-22(7-9-35)33-27-26(14-31-16-32-27)34-25-5-4-21(29)12-24(25)28/h2-5,11-12,14,16,22,34H,6-10,15H2,1H3,(H,31,32,33). The normalized spacial score (nSPS) is 15.9. The van der Waals surface area contributed by atoms with Gasteiger partial charge in [-0.05, 0) is 66.3 Å². The van der Waals surface area contributed by atoms with Crippen LogP contribution in [0.2, 0.25) is 5.02 Å². The highest BCUT2D eigenvalue weighted by Crippen LogP contribution is 2.32. The Bertz CT molecular complexity index is 1320. The van der Waals surface area contributed by atoms with E-state index < -0.39 is 0 Å². The molecule has 2 aromatic carbocycles. The Kier molecular flexibility index (Phi) is 6.67. The molecule has 1 fully saturated rings. The van der Waals surface area contributed by atoms with Gasteiger partial charge in [-0.15, -0.1) is 0 Å². The van der Waals surface area contributed by atoms with Gasteiger partial charge in [0.25, 0.3) is 0 Å². The van der Waals surface area contributed by atoms with Crippen molar-refractivity contribution in [3.63, 3.8) is 0 Å². The fraction of sp³-hybridized carbons (Fsp3) is 0.296. The molecule has 8 heteroatoms. The number of halogens is 2. The second kappa shape index (κ2) is 10.0. The maximum atomic E-state index is 13.4. The number of benzene rings is 2. The van der Waals surface area contributed by atoms with E-state index in [1.165, 1.54) is 40.7 Å². The van der Waals surface area contributed by atoms with Crippen LogP contribution in [0, 0.1) is 24.1 Å². The number of likely N-dealkylation sites (tertiary alicyclic amines) is 1. The van der Waals surface area contributed by atoms with Crippen LogP contribution in [0.5, 0.6) is 0 Å². The van der Waals surface area contributed by atoms with Crippen molar-refractivity contribution in [3.05, 3.63) is 81.5 Å². The smallest absolute Gasteiger partial charge is 0.153 e. The van der Waals surface area contributed by atoms with Gasteiger partial charge in [-0.3, -0.25) is 4.90 Å². The Balaban J connectivity index is 1.20. The van der Waals surface area contributed by atoms with Gasteiger partial charge in [0.1, 0.15) is 17.8 Å². The SMILES string of the molecule is Cc1c(CN2CCC(Nc3ncncc3Nc3ccc(F)cc3Cl)CC2)ccc2c1C=C(C#N)C2. The van der Waals surface area contributed by atoms with Crippen LogP contribution in [-0.2, 0) is 13.0 Å². The molecule has 0 unspecified atom stereocenters. The Morgan fingerprint density at radius 2 is 2.03 bits per heavy atom. The van der Waals surface area contributed by atoms with E-state index in [2.05, 4.69) is 50.6 Å². The van der Waals surface area contributed by atoms with E-state index in [0.717, 1.165) is 44.5 Å². The molecule has 0 bridgehead atoms. The summed E-state index contributed by atoms with van der Waals surface area (Å²) in [7, 11) is 0. The largest absolute Gasteiger partial charge is 0.365 e. The molecule has 1 aliphatic carbocycles. The van der Waals surface area contributed by atoms with Gasteiger partial charge in [0.15, 0.2) is 5.82 Å². The molecule has 6 nitrogen and oxygen atoms in total. The summed E-state index contributed by atoms with van der Waals surface area (Å²) in [5, 5.41) is 16.3. The van der Waals surface area contributed by atoms with E-state index in [1.54, 1.807) is 12.3 Å². The average molecular weight is 489 g/mol. The molecular formula is C27H26ClFN6. The monoisotopic (exact) mass is 488 g/mol. The highest BCUT2D eigenvalue weighted by molar-refractivity contribution is 6.33. The highest BCUT2D eigenvalue weighted by Gasteiger charge is 2.22. The van der Waals surface area contributed by atoms with E-state index in [9.17, 15) is 9.65 Å². The molecule has 0 saturated carbocycles. The van der Waals surface area contributed by atoms with Gasteiger partial charge < -0.3 is 10.6 Å². The van der Waals surface area contributed by atoms with Crippen molar-refractivity contribution in [2.24, 2.45) is 0 Å². The van der Waals surface area contributed by atoms with Crippen molar-refractivity contribution in [2.75, 3.05) is 23.7 Å². The number of nitrogens with zero attached hydrogens (tertiary/aromatic N) is 4. The number of anilines is 3. The molecule has 3 aromatic rings. The molecule has 1 aromatic heterocycles. The zero-order valence-corrected chi connectivity index (χ0v) is 20.2. The lowest BCUT2D eigenvalue weighted by Crippen LogP contribution is -2.39. The second-order valence-electron chi connectivity index (χ2n) is 9.11. The lowest BCUT2D eigenvalue weighted by Gasteiger charge is -2.33. The molecule has 1 saturated heterocycles. The van der Waals surface area contributed by atoms with E-state index >= 15 is 0 Å². The molecule has 1 aliphatic heterocycles. The number of aromatic nitrogens is 2. The number of nitriles is 1. The molecule has 5 rings (SSSR count). The van der Waals surface area contributed by atoms with Crippen molar-refractivity contribution in [3.8, 4) is 6.07 Å². The summed E-state index contributed by atoms with van der Waals surface area (Å²) in [6.07, 6.45) is 7.96. The Hall–Kier alpha value is -3.47. The number of nitrogens with one attached hydrogen (secondary N) is 2. The topological polar surface area (TPSA) is 76.9 Å². The number of rotatable bonds is 6. The molecular weight excluding hydrogens is 463 g/mol. The van der Waals surface area contributed by atoms with Gasteiger partial charge in [0, 0.05) is 37.7 Å². The number of allylic oxidation sites excluding steroid dienone is 1. The van der Waals surface area contributed by atoms with Crippen LogP contribution >= 0.6 is 11.6 Å². The fourth-order valence-electron chi connectivity index (χ4n) is 4.80. The first kappa shape index (κ1) is 23.3. The summed E-state index contributed by atoms with van der Waals surface area (Å²) in [6.45, 7) is 5.03. The van der Waals surface area contributed by atoms with Crippen LogP contribution in [0.4, 0.5) is 21.6 Å². The minimum absolute atomic E-state index is 0.285. The van der Waals surface area contributed by atoms with Gasteiger partial charge in [-0.25, -0.2) is 14.4 Å². The van der Waals surface area contributed by atoms with Crippen LogP contribution in [0.3, 0.4) is 0 Å². The van der Waals surface area contributed by atoms with Crippen molar-refractivity contribution >= 4 is 34.9 Å². The van der Waals surface area contributed by atoms with Gasteiger partial charge >= 0.3 is 0 Å². The number of hydrogen-bond acceptors (Lipinski definition) is 6. The summed E-state index contributed by atoms with van der Waals surface area (Å²) in [4.78, 5) is 11.0. The van der Waals surface area contributed by atoms with Crippen molar-refractivity contribution in [1.29, 1.82) is 5.26 Å². The molecule has 2 N–H and O–H groups in total. The molecule has 178 valence electrons. The van der Waals surface area contributed by atoms with Crippen LogP contribution < -0.4 is 10.6 Å². The molecule has 2 aliphatic rings. The minimum Gasteiger partial charge on any atom is -0.365 e. The zero-order valence-electron chi connectivity index (χ0n) is 19.5. The zero-order chi connectivity index (χ0) is 24.4. The average Bonchev–Trinajstić information content (AvgIpc) is 3.29. The lowest BCUT2D eigenvalue weighted by molar-refractivity contribution is 0.211. The van der Waals surface area contributed by atoms with E-state index in [-0.39, 0.29) is 11.9 Å². The first-order valence-electron chi connectivity index (χ1n) is 11.7. The summed E-state index contributed by atoms with van der Waals surface area (Å²) in [5.74, 6) is 0.321. The maximum Gasteiger partial charge on any atom is 0.153 e. The molecule has 35 heavy (non-hydrogen) atoms. The van der Waals surface area contributed by atoms with E-state index in [4.69, 9.17) is 11.6 Å². The van der Waals surface area contributed by atoms with Crippen molar-refractivity contribution < 1.29 is 4.39 Å². The molecule has 0 atom stereocenters. The predicted molar refractivity (Wildman–Crippen MR) is 137 cm³/mol. The third kappa shape index (κ3) is 5.14. The van der Waals surface area contributed by atoms with Gasteiger partial charge in [0.2, 0.25) is 0 Å². The summed E-state index contributed by atoms with van der Waals surface area (Å²) < 4.78 is 13.4. The summed E-state index contributed by atoms with van der Waals surface area (Å²) in [5.41, 5.74) is 7.22. The van der Waals surface area contributed by atoms with Crippen LogP contribution in [-0.4, -0.2) is 34.0 Å². The Morgan fingerprint density at radius 1 is 1.20 bits per heavy atom. The van der Waals surface area contributed by atoms with Crippen LogP contribution in [0.1, 0.15) is 35.1 Å². The summed E-state index contributed by atoms with van der Waals surface area (Å²) in [6, 6.07) is 11.2. The first-order chi connectivity index (χ1) is 17.0. The number of piperidine rings is 1. The fourth-order valence-corrected chi connectivity index (χ4v) is 5.01. The van der Waals surface area contributed by atoms with Crippen molar-refractivity contribution in [1.82, 2.24) is 14.9 Å². The van der Waals surface area contributed by atoms with Gasteiger partial charge in [0.05, 0.1) is 23.0 Å². The summed E-state index contributed by atoms with van der Waals surface area (Å²) >= 11 is 6.18. The van der Waals surface area contributed by atoms with Crippen LogP contribution in [0.15, 0.2) is 48.4 Å². The Labute approximate surface area is 209 Å².